The summed E-state index contributed by atoms with van der Waals surface area (Å²) in [5, 5.41) is 12.1. The molecule has 0 heterocycles. The first-order chi connectivity index (χ1) is 12.0. The fourth-order valence-corrected chi connectivity index (χ4v) is 2.86. The molecule has 0 aliphatic rings. The van der Waals surface area contributed by atoms with Gasteiger partial charge in [-0.05, 0) is 35.7 Å². The number of benzene rings is 2. The standard InChI is InChI=1S/C19H20BrNO4/c1-25-19(24)15(10-13-6-8-16(22)9-7-13)12-21-18(23)11-14-4-2-3-5-17(14)20/h2-9,15,22H,10-12H2,1H3,(H,21,23). The van der Waals surface area contributed by atoms with Crippen molar-refractivity contribution in [2.75, 3.05) is 13.7 Å². The highest BCUT2D eigenvalue weighted by Crippen LogP contribution is 2.17. The molecule has 2 rings (SSSR count). The molecule has 2 aromatic carbocycles. The third-order valence-corrected chi connectivity index (χ3v) is 4.58. The van der Waals surface area contributed by atoms with Gasteiger partial charge in [0.1, 0.15) is 5.75 Å². The van der Waals surface area contributed by atoms with Gasteiger partial charge in [-0.25, -0.2) is 0 Å². The second-order valence-electron chi connectivity index (χ2n) is 5.66. The van der Waals surface area contributed by atoms with Gasteiger partial charge in [-0.1, -0.05) is 46.3 Å². The van der Waals surface area contributed by atoms with Crippen LogP contribution in [-0.4, -0.2) is 30.6 Å². The van der Waals surface area contributed by atoms with E-state index < -0.39 is 5.92 Å². The largest absolute Gasteiger partial charge is 0.508 e. The van der Waals surface area contributed by atoms with Gasteiger partial charge in [-0.2, -0.15) is 0 Å². The van der Waals surface area contributed by atoms with E-state index in [4.69, 9.17) is 4.74 Å². The van der Waals surface area contributed by atoms with Crippen molar-refractivity contribution in [2.45, 2.75) is 12.8 Å². The average molecular weight is 406 g/mol. The van der Waals surface area contributed by atoms with Gasteiger partial charge in [0.05, 0.1) is 19.4 Å². The zero-order valence-electron chi connectivity index (χ0n) is 13.9. The van der Waals surface area contributed by atoms with Gasteiger partial charge in [-0.15, -0.1) is 0 Å². The van der Waals surface area contributed by atoms with Crippen LogP contribution in [0, 0.1) is 5.92 Å². The SMILES string of the molecule is COC(=O)C(CNC(=O)Cc1ccccc1Br)Cc1ccc(O)cc1. The Kier molecular flexibility index (Phi) is 7.01. The highest BCUT2D eigenvalue weighted by atomic mass is 79.9. The highest BCUT2D eigenvalue weighted by Gasteiger charge is 2.21. The van der Waals surface area contributed by atoms with Crippen LogP contribution in [0.1, 0.15) is 11.1 Å². The lowest BCUT2D eigenvalue weighted by Crippen LogP contribution is -2.35. The zero-order chi connectivity index (χ0) is 18.2. The summed E-state index contributed by atoms with van der Waals surface area (Å²) in [4.78, 5) is 24.1. The Labute approximate surface area is 155 Å². The number of methoxy groups -OCH3 is 1. The van der Waals surface area contributed by atoms with E-state index in [0.29, 0.717) is 6.42 Å². The number of hydrogen-bond donors (Lipinski definition) is 2. The first-order valence-corrected chi connectivity index (χ1v) is 8.64. The van der Waals surface area contributed by atoms with Crippen LogP contribution >= 0.6 is 15.9 Å². The van der Waals surface area contributed by atoms with E-state index >= 15 is 0 Å². The Balaban J connectivity index is 1.95. The smallest absolute Gasteiger partial charge is 0.310 e. The van der Waals surface area contributed by atoms with E-state index in [1.54, 1.807) is 24.3 Å². The van der Waals surface area contributed by atoms with Gasteiger partial charge in [0.2, 0.25) is 5.91 Å². The number of ether oxygens (including phenoxy) is 1. The third kappa shape index (κ3) is 5.90. The van der Waals surface area contributed by atoms with Crippen molar-refractivity contribution in [3.63, 3.8) is 0 Å². The highest BCUT2D eigenvalue weighted by molar-refractivity contribution is 9.10. The summed E-state index contributed by atoms with van der Waals surface area (Å²) < 4.78 is 5.70. The molecule has 6 heteroatoms. The van der Waals surface area contributed by atoms with E-state index in [0.717, 1.165) is 15.6 Å². The number of hydrogen-bond acceptors (Lipinski definition) is 4. The second-order valence-corrected chi connectivity index (χ2v) is 6.52. The maximum absolute atomic E-state index is 12.2. The molecule has 0 saturated carbocycles. The van der Waals surface area contributed by atoms with Gasteiger partial charge in [0.15, 0.2) is 0 Å². The first kappa shape index (κ1) is 19.0. The minimum absolute atomic E-state index is 0.161. The van der Waals surface area contributed by atoms with Gasteiger partial charge in [0, 0.05) is 11.0 Å². The number of aromatic hydroxyl groups is 1. The van der Waals surface area contributed by atoms with Crippen LogP contribution < -0.4 is 5.32 Å². The molecule has 1 atom stereocenters. The predicted molar refractivity (Wildman–Crippen MR) is 98.2 cm³/mol. The molecule has 0 aliphatic heterocycles. The predicted octanol–water partition coefficient (Wildman–Crippen LogP) is 2.85. The molecule has 132 valence electrons. The van der Waals surface area contributed by atoms with Crippen LogP contribution in [0.2, 0.25) is 0 Å². The number of rotatable bonds is 7. The first-order valence-electron chi connectivity index (χ1n) is 7.85. The fourth-order valence-electron chi connectivity index (χ4n) is 2.44. The number of carbonyl (C=O) groups is 2. The summed E-state index contributed by atoms with van der Waals surface area (Å²) in [6, 6.07) is 14.1. The summed E-state index contributed by atoms with van der Waals surface area (Å²) in [6.45, 7) is 0.191. The molecule has 0 bridgehead atoms. The van der Waals surface area contributed by atoms with Gasteiger partial charge >= 0.3 is 5.97 Å². The van der Waals surface area contributed by atoms with E-state index in [-0.39, 0.29) is 30.6 Å². The van der Waals surface area contributed by atoms with Gasteiger partial charge in [0.25, 0.3) is 0 Å². The van der Waals surface area contributed by atoms with E-state index in [1.807, 2.05) is 24.3 Å². The van der Waals surface area contributed by atoms with Crippen molar-refractivity contribution < 1.29 is 19.4 Å². The topological polar surface area (TPSA) is 75.6 Å². The normalized spacial score (nSPS) is 11.6. The minimum atomic E-state index is -0.488. The number of phenols is 1. The summed E-state index contributed by atoms with van der Waals surface area (Å²) >= 11 is 3.41. The average Bonchev–Trinajstić information content (AvgIpc) is 2.61. The van der Waals surface area contributed by atoms with Crippen molar-refractivity contribution in [2.24, 2.45) is 5.92 Å². The summed E-state index contributed by atoms with van der Waals surface area (Å²) in [5.41, 5.74) is 1.77. The summed E-state index contributed by atoms with van der Waals surface area (Å²) in [6.07, 6.45) is 0.650. The van der Waals surface area contributed by atoms with Crippen LogP contribution in [0.15, 0.2) is 53.0 Å². The van der Waals surface area contributed by atoms with Crippen LogP contribution in [0.3, 0.4) is 0 Å². The van der Waals surface area contributed by atoms with E-state index in [1.165, 1.54) is 7.11 Å². The van der Waals surface area contributed by atoms with Crippen molar-refractivity contribution in [3.8, 4) is 5.75 Å². The lowest BCUT2D eigenvalue weighted by molar-refractivity contribution is -0.145. The molecular formula is C19H20BrNO4. The Hall–Kier alpha value is -2.34. The Bertz CT molecular complexity index is 730. The van der Waals surface area contributed by atoms with Crippen molar-refractivity contribution in [1.82, 2.24) is 5.32 Å². The molecule has 0 radical (unpaired) electrons. The summed E-state index contributed by atoms with van der Waals surface area (Å²) in [7, 11) is 1.33. The second kappa shape index (κ2) is 9.22. The van der Waals surface area contributed by atoms with Crippen molar-refractivity contribution >= 4 is 27.8 Å². The molecule has 0 fully saturated rings. The monoisotopic (exact) mass is 405 g/mol. The molecule has 0 spiro atoms. The Morgan fingerprint density at radius 1 is 1.16 bits per heavy atom. The van der Waals surface area contributed by atoms with Crippen LogP contribution in [0.5, 0.6) is 5.75 Å². The minimum Gasteiger partial charge on any atom is -0.508 e. The number of carbonyl (C=O) groups excluding carboxylic acids is 2. The molecule has 5 nitrogen and oxygen atoms in total. The molecule has 2 N–H and O–H groups in total. The molecular weight excluding hydrogens is 386 g/mol. The number of nitrogens with one attached hydrogen (secondary N) is 1. The Morgan fingerprint density at radius 3 is 2.48 bits per heavy atom. The number of amides is 1. The number of esters is 1. The maximum Gasteiger partial charge on any atom is 0.310 e. The van der Waals surface area contributed by atoms with Crippen molar-refractivity contribution in [1.29, 1.82) is 0 Å². The third-order valence-electron chi connectivity index (χ3n) is 3.81. The molecule has 0 aromatic heterocycles. The maximum atomic E-state index is 12.2. The van der Waals surface area contributed by atoms with E-state index in [9.17, 15) is 14.7 Å². The van der Waals surface area contributed by atoms with Crippen molar-refractivity contribution in [3.05, 3.63) is 64.1 Å². The van der Waals surface area contributed by atoms with Crippen LogP contribution in [0.25, 0.3) is 0 Å². The quantitative estimate of drug-likeness (QED) is 0.694. The van der Waals surface area contributed by atoms with Crippen LogP contribution in [0.4, 0.5) is 0 Å². The molecule has 0 aliphatic carbocycles. The fraction of sp³-hybridized carbons (Fsp3) is 0.263. The molecule has 1 unspecified atom stereocenters. The molecule has 25 heavy (non-hydrogen) atoms. The lowest BCUT2D eigenvalue weighted by Gasteiger charge is -2.16. The van der Waals surface area contributed by atoms with Gasteiger partial charge < -0.3 is 15.2 Å². The molecule has 1 amide bonds. The van der Waals surface area contributed by atoms with Gasteiger partial charge in [-0.3, -0.25) is 9.59 Å². The molecule has 0 saturated heterocycles. The number of halogens is 1. The summed E-state index contributed by atoms with van der Waals surface area (Å²) in [5.74, 6) is -0.862. The van der Waals surface area contributed by atoms with E-state index in [2.05, 4.69) is 21.2 Å². The van der Waals surface area contributed by atoms with Crippen LogP contribution in [-0.2, 0) is 27.2 Å². The lowest BCUT2D eigenvalue weighted by atomic mass is 9.99. The Morgan fingerprint density at radius 2 is 1.84 bits per heavy atom. The zero-order valence-corrected chi connectivity index (χ0v) is 15.5. The molecule has 2 aromatic rings. The number of phenolic OH excluding ortho intramolecular Hbond substituents is 1.